The van der Waals surface area contributed by atoms with Crippen LogP contribution in [0.15, 0.2) is 48.5 Å². The molecule has 4 rings (SSSR count). The number of rotatable bonds is 6. The summed E-state index contributed by atoms with van der Waals surface area (Å²) < 4.78 is 11.0. The van der Waals surface area contributed by atoms with Gasteiger partial charge in [-0.15, -0.1) is 0 Å². The van der Waals surface area contributed by atoms with E-state index in [0.717, 1.165) is 22.3 Å². The molecule has 2 N–H and O–H groups in total. The molecule has 0 saturated carbocycles. The number of carbonyl (C=O) groups is 2. The van der Waals surface area contributed by atoms with Crippen molar-refractivity contribution < 1.29 is 29.3 Å². The minimum Gasteiger partial charge on any atom is -0.448 e. The Morgan fingerprint density at radius 3 is 2.23 bits per heavy atom. The van der Waals surface area contributed by atoms with Crippen molar-refractivity contribution in [3.63, 3.8) is 0 Å². The third-order valence-electron chi connectivity index (χ3n) is 6.00. The highest BCUT2D eigenvalue weighted by molar-refractivity contribution is 5.87. The van der Waals surface area contributed by atoms with Crippen molar-refractivity contribution >= 4 is 12.0 Å². The third-order valence-corrected chi connectivity index (χ3v) is 6.00. The van der Waals surface area contributed by atoms with Crippen LogP contribution < -0.4 is 0 Å². The normalized spacial score (nSPS) is 20.5. The Bertz CT molecular complexity index is 919. The number of nitrogens with zero attached hydrogens (tertiary/aromatic N) is 2. The number of amides is 2. The van der Waals surface area contributed by atoms with Crippen LogP contribution in [0.4, 0.5) is 4.79 Å². The molecule has 1 saturated heterocycles. The Morgan fingerprint density at radius 1 is 1.06 bits per heavy atom. The summed E-state index contributed by atoms with van der Waals surface area (Å²) in [6.07, 6.45) is -1.40. The highest BCUT2D eigenvalue weighted by atomic mass is 16.6. The average Bonchev–Trinajstić information content (AvgIpc) is 3.12. The molecule has 8 nitrogen and oxygen atoms in total. The zero-order valence-corrected chi connectivity index (χ0v) is 17.3. The molecular weight excluding hydrogens is 400 g/mol. The molecule has 8 heteroatoms. The molecule has 0 spiro atoms. The molecule has 164 valence electrons. The third kappa shape index (κ3) is 3.78. The largest absolute Gasteiger partial charge is 0.448 e. The van der Waals surface area contributed by atoms with E-state index in [-0.39, 0.29) is 32.2 Å². The molecule has 0 bridgehead atoms. The second-order valence-corrected chi connectivity index (χ2v) is 7.60. The molecule has 2 amide bonds. The number of piperazine rings is 1. The predicted molar refractivity (Wildman–Crippen MR) is 112 cm³/mol. The van der Waals surface area contributed by atoms with E-state index in [2.05, 4.69) is 12.1 Å². The van der Waals surface area contributed by atoms with Crippen LogP contribution >= 0.6 is 0 Å². The van der Waals surface area contributed by atoms with Gasteiger partial charge in [0.2, 0.25) is 5.91 Å². The fourth-order valence-electron chi connectivity index (χ4n) is 4.48. The zero-order chi connectivity index (χ0) is 22.0. The van der Waals surface area contributed by atoms with Crippen LogP contribution in [-0.4, -0.2) is 84.3 Å². The van der Waals surface area contributed by atoms with Gasteiger partial charge in [0.1, 0.15) is 18.9 Å². The van der Waals surface area contributed by atoms with Gasteiger partial charge in [0, 0.05) is 19.6 Å². The fraction of sp³-hybridized carbons (Fsp3) is 0.391. The molecule has 2 aromatic carbocycles. The van der Waals surface area contributed by atoms with E-state index in [9.17, 15) is 19.8 Å². The Balaban J connectivity index is 1.51. The van der Waals surface area contributed by atoms with E-state index in [1.54, 1.807) is 0 Å². The molecule has 2 aliphatic rings. The first kappa shape index (κ1) is 21.3. The van der Waals surface area contributed by atoms with Crippen LogP contribution in [0.3, 0.4) is 0 Å². The van der Waals surface area contributed by atoms with Gasteiger partial charge in [-0.05, 0) is 22.3 Å². The predicted octanol–water partition coefficient (Wildman–Crippen LogP) is 1.41. The van der Waals surface area contributed by atoms with Gasteiger partial charge in [-0.1, -0.05) is 48.5 Å². The van der Waals surface area contributed by atoms with Gasteiger partial charge in [0.05, 0.1) is 19.8 Å². The molecule has 2 atom stereocenters. The minimum absolute atomic E-state index is 0.0458. The Labute approximate surface area is 180 Å². The zero-order valence-electron chi connectivity index (χ0n) is 17.3. The van der Waals surface area contributed by atoms with Crippen molar-refractivity contribution in [3.8, 4) is 11.1 Å². The van der Waals surface area contributed by atoms with Crippen molar-refractivity contribution in [1.82, 2.24) is 9.80 Å². The van der Waals surface area contributed by atoms with Crippen molar-refractivity contribution in [2.24, 2.45) is 0 Å². The lowest BCUT2D eigenvalue weighted by molar-refractivity contribution is -0.164. The molecule has 1 aliphatic carbocycles. The van der Waals surface area contributed by atoms with Gasteiger partial charge in [0.25, 0.3) is 0 Å². The molecule has 0 radical (unpaired) electrons. The summed E-state index contributed by atoms with van der Waals surface area (Å²) >= 11 is 0. The molecule has 1 heterocycles. The molecule has 1 fully saturated rings. The van der Waals surface area contributed by atoms with Crippen LogP contribution in [0, 0.1) is 0 Å². The van der Waals surface area contributed by atoms with E-state index in [1.165, 1.54) is 16.9 Å². The SMILES string of the molecule is COC1CN(C(=O)OCC2c3ccccc3-c3ccccc32)[C@@H](CO)C(=O)N1CCO. The van der Waals surface area contributed by atoms with Gasteiger partial charge in [-0.3, -0.25) is 9.69 Å². The number of fused-ring (bicyclic) bond motifs is 3. The number of benzene rings is 2. The van der Waals surface area contributed by atoms with Gasteiger partial charge in [-0.2, -0.15) is 0 Å². The Kier molecular flexibility index (Phi) is 6.22. The summed E-state index contributed by atoms with van der Waals surface area (Å²) in [6.45, 7) is -0.555. The smallest absolute Gasteiger partial charge is 0.410 e. The summed E-state index contributed by atoms with van der Waals surface area (Å²) in [7, 11) is 1.43. The number of carbonyl (C=O) groups excluding carboxylic acids is 2. The summed E-state index contributed by atoms with van der Waals surface area (Å²) in [5, 5.41) is 19.0. The van der Waals surface area contributed by atoms with Crippen molar-refractivity contribution in [2.45, 2.75) is 18.2 Å². The number of β-amino-alcohol motifs (C(OH)–C–C–N with tert-alkyl or cyclic N) is 1. The lowest BCUT2D eigenvalue weighted by Gasteiger charge is -2.43. The molecule has 31 heavy (non-hydrogen) atoms. The second kappa shape index (κ2) is 9.05. The molecule has 1 aliphatic heterocycles. The lowest BCUT2D eigenvalue weighted by atomic mass is 9.98. The molecule has 0 aromatic heterocycles. The van der Waals surface area contributed by atoms with E-state index in [4.69, 9.17) is 9.47 Å². The second-order valence-electron chi connectivity index (χ2n) is 7.60. The van der Waals surface area contributed by atoms with Crippen molar-refractivity contribution in [1.29, 1.82) is 0 Å². The quantitative estimate of drug-likeness (QED) is 0.725. The number of hydrogen-bond donors (Lipinski definition) is 2. The topological polar surface area (TPSA) is 99.5 Å². The maximum Gasteiger partial charge on any atom is 0.410 e. The van der Waals surface area contributed by atoms with E-state index in [0.29, 0.717) is 0 Å². The summed E-state index contributed by atoms with van der Waals surface area (Å²) in [6, 6.07) is 15.0. The monoisotopic (exact) mass is 426 g/mol. The van der Waals surface area contributed by atoms with Gasteiger partial charge < -0.3 is 24.6 Å². The molecule has 1 unspecified atom stereocenters. The Hall–Kier alpha value is -2.94. The van der Waals surface area contributed by atoms with Crippen molar-refractivity contribution in [2.75, 3.05) is 40.0 Å². The van der Waals surface area contributed by atoms with Gasteiger partial charge in [-0.25, -0.2) is 4.79 Å². The van der Waals surface area contributed by atoms with Crippen LogP contribution in [0.25, 0.3) is 11.1 Å². The fourth-order valence-corrected chi connectivity index (χ4v) is 4.48. The first-order valence-corrected chi connectivity index (χ1v) is 10.3. The number of hydrogen-bond acceptors (Lipinski definition) is 6. The number of methoxy groups -OCH3 is 1. The van der Waals surface area contributed by atoms with Crippen molar-refractivity contribution in [3.05, 3.63) is 59.7 Å². The lowest BCUT2D eigenvalue weighted by Crippen LogP contribution is -2.65. The van der Waals surface area contributed by atoms with Gasteiger partial charge in [0.15, 0.2) is 0 Å². The van der Waals surface area contributed by atoms with Crippen LogP contribution in [0.2, 0.25) is 0 Å². The molecule has 2 aromatic rings. The van der Waals surface area contributed by atoms with Crippen LogP contribution in [-0.2, 0) is 14.3 Å². The number of aliphatic hydroxyl groups is 2. The van der Waals surface area contributed by atoms with Gasteiger partial charge >= 0.3 is 6.09 Å². The minimum atomic E-state index is -1.08. The van der Waals surface area contributed by atoms with E-state index < -0.39 is 30.9 Å². The first-order valence-electron chi connectivity index (χ1n) is 10.3. The summed E-state index contributed by atoms with van der Waals surface area (Å²) in [4.78, 5) is 28.2. The number of ether oxygens (including phenoxy) is 2. The summed E-state index contributed by atoms with van der Waals surface area (Å²) in [5.74, 6) is -0.586. The highest BCUT2D eigenvalue weighted by Crippen LogP contribution is 2.44. The Morgan fingerprint density at radius 2 is 1.68 bits per heavy atom. The van der Waals surface area contributed by atoms with Crippen LogP contribution in [0.5, 0.6) is 0 Å². The maximum atomic E-state index is 12.9. The van der Waals surface area contributed by atoms with E-state index in [1.807, 2.05) is 36.4 Å². The summed E-state index contributed by atoms with van der Waals surface area (Å²) in [5.41, 5.74) is 4.43. The molecular formula is C23H26N2O6. The first-order chi connectivity index (χ1) is 15.1. The maximum absolute atomic E-state index is 12.9. The van der Waals surface area contributed by atoms with Crippen LogP contribution in [0.1, 0.15) is 17.0 Å². The van der Waals surface area contributed by atoms with E-state index >= 15 is 0 Å². The average molecular weight is 426 g/mol. The highest BCUT2D eigenvalue weighted by Gasteiger charge is 2.43. The standard InChI is InChI=1S/C23H26N2O6/c1-30-21-12-25(20(13-27)22(28)24(21)10-11-26)23(29)31-14-19-17-8-4-2-6-15(17)16-7-3-5-9-18(16)19/h2-9,19-21,26-27H,10-14H2,1H3/t20-,21?/m0/s1. The number of aliphatic hydroxyl groups excluding tert-OH is 2.